The van der Waals surface area contributed by atoms with Crippen LogP contribution in [0.4, 0.5) is 8.78 Å². The Hall–Kier alpha value is -0.960. The molecule has 3 atom stereocenters. The van der Waals surface area contributed by atoms with Crippen LogP contribution in [0.25, 0.3) is 0 Å². The number of hydrogen-bond donors (Lipinski definition) is 1. The van der Waals surface area contributed by atoms with E-state index in [1.807, 2.05) is 6.92 Å². The smallest absolute Gasteiger partial charge is 0.130 e. The van der Waals surface area contributed by atoms with Crippen LogP contribution in [0.2, 0.25) is 0 Å². The van der Waals surface area contributed by atoms with Crippen molar-refractivity contribution in [1.82, 2.24) is 5.32 Å². The summed E-state index contributed by atoms with van der Waals surface area (Å²) in [6.07, 6.45) is 4.86. The van der Waals surface area contributed by atoms with Crippen LogP contribution in [0.15, 0.2) is 18.2 Å². The summed E-state index contributed by atoms with van der Waals surface area (Å²) < 4.78 is 26.9. The SMILES string of the molecule is CC(NC1CCCCC1C(C)(C)C)c1ccc(F)cc1F. The van der Waals surface area contributed by atoms with E-state index in [0.29, 0.717) is 17.5 Å². The quantitative estimate of drug-likeness (QED) is 0.806. The highest BCUT2D eigenvalue weighted by molar-refractivity contribution is 5.21. The van der Waals surface area contributed by atoms with Crippen LogP contribution in [0.5, 0.6) is 0 Å². The monoisotopic (exact) mass is 295 g/mol. The second-order valence-corrected chi connectivity index (χ2v) is 7.42. The highest BCUT2D eigenvalue weighted by atomic mass is 19.1. The fourth-order valence-corrected chi connectivity index (χ4v) is 3.63. The summed E-state index contributed by atoms with van der Waals surface area (Å²) >= 11 is 0. The summed E-state index contributed by atoms with van der Waals surface area (Å²) in [7, 11) is 0. The van der Waals surface area contributed by atoms with E-state index < -0.39 is 11.6 Å². The Morgan fingerprint density at radius 1 is 1.14 bits per heavy atom. The van der Waals surface area contributed by atoms with Crippen LogP contribution in [0.1, 0.15) is 65.0 Å². The minimum Gasteiger partial charge on any atom is -0.307 e. The first kappa shape index (κ1) is 16.4. The van der Waals surface area contributed by atoms with Gasteiger partial charge >= 0.3 is 0 Å². The third kappa shape index (κ3) is 4.03. The van der Waals surface area contributed by atoms with Crippen molar-refractivity contribution >= 4 is 0 Å². The molecule has 0 heterocycles. The van der Waals surface area contributed by atoms with Crippen molar-refractivity contribution in [2.45, 2.75) is 65.5 Å². The van der Waals surface area contributed by atoms with Gasteiger partial charge in [-0.25, -0.2) is 8.78 Å². The molecule has 1 saturated carbocycles. The van der Waals surface area contributed by atoms with Crippen LogP contribution in [0, 0.1) is 23.0 Å². The van der Waals surface area contributed by atoms with Gasteiger partial charge in [-0.15, -0.1) is 0 Å². The molecule has 2 rings (SSSR count). The molecule has 21 heavy (non-hydrogen) atoms. The average molecular weight is 295 g/mol. The van der Waals surface area contributed by atoms with Crippen molar-refractivity contribution in [2.24, 2.45) is 11.3 Å². The van der Waals surface area contributed by atoms with Gasteiger partial charge in [0.2, 0.25) is 0 Å². The Kier molecular flexibility index (Phi) is 5.03. The lowest BCUT2D eigenvalue weighted by molar-refractivity contribution is 0.124. The van der Waals surface area contributed by atoms with E-state index >= 15 is 0 Å². The maximum Gasteiger partial charge on any atom is 0.130 e. The molecule has 3 unspecified atom stereocenters. The van der Waals surface area contributed by atoms with Crippen molar-refractivity contribution in [2.75, 3.05) is 0 Å². The summed E-state index contributed by atoms with van der Waals surface area (Å²) in [4.78, 5) is 0. The van der Waals surface area contributed by atoms with Crippen molar-refractivity contribution in [3.8, 4) is 0 Å². The highest BCUT2D eigenvalue weighted by Gasteiger charge is 2.34. The van der Waals surface area contributed by atoms with Gasteiger partial charge in [0.15, 0.2) is 0 Å². The zero-order valence-electron chi connectivity index (χ0n) is 13.5. The molecule has 1 fully saturated rings. The second-order valence-electron chi connectivity index (χ2n) is 7.42. The summed E-state index contributed by atoms with van der Waals surface area (Å²) in [5.41, 5.74) is 0.800. The predicted octanol–water partition coefficient (Wildman–Crippen LogP) is 5.22. The number of hydrogen-bond acceptors (Lipinski definition) is 1. The van der Waals surface area contributed by atoms with Crippen LogP contribution in [-0.2, 0) is 0 Å². The van der Waals surface area contributed by atoms with E-state index in [1.54, 1.807) is 6.07 Å². The molecule has 1 nitrogen and oxygen atoms in total. The van der Waals surface area contributed by atoms with Crippen molar-refractivity contribution in [3.05, 3.63) is 35.4 Å². The lowest BCUT2D eigenvalue weighted by Crippen LogP contribution is -2.45. The Morgan fingerprint density at radius 3 is 2.43 bits per heavy atom. The molecule has 1 aliphatic rings. The van der Waals surface area contributed by atoms with E-state index in [2.05, 4.69) is 26.1 Å². The topological polar surface area (TPSA) is 12.0 Å². The zero-order chi connectivity index (χ0) is 15.6. The zero-order valence-corrected chi connectivity index (χ0v) is 13.5. The van der Waals surface area contributed by atoms with Crippen LogP contribution < -0.4 is 5.32 Å². The van der Waals surface area contributed by atoms with Crippen molar-refractivity contribution in [3.63, 3.8) is 0 Å². The second kappa shape index (κ2) is 6.43. The average Bonchev–Trinajstić information content (AvgIpc) is 2.37. The van der Waals surface area contributed by atoms with Gasteiger partial charge in [-0.05, 0) is 37.2 Å². The summed E-state index contributed by atoms with van der Waals surface area (Å²) in [5.74, 6) is -0.385. The van der Waals surface area contributed by atoms with E-state index in [4.69, 9.17) is 0 Å². The molecular formula is C18H27F2N. The minimum atomic E-state index is -0.520. The number of halogens is 2. The van der Waals surface area contributed by atoms with E-state index in [-0.39, 0.29) is 11.5 Å². The first-order valence-corrected chi connectivity index (χ1v) is 8.00. The molecule has 0 aliphatic heterocycles. The van der Waals surface area contributed by atoms with Gasteiger partial charge in [-0.3, -0.25) is 0 Å². The highest BCUT2D eigenvalue weighted by Crippen LogP contribution is 2.39. The van der Waals surface area contributed by atoms with Crippen LogP contribution >= 0.6 is 0 Å². The molecule has 1 aromatic rings. The number of nitrogens with one attached hydrogen (secondary N) is 1. The number of benzene rings is 1. The van der Waals surface area contributed by atoms with Gasteiger partial charge in [0, 0.05) is 23.7 Å². The Labute approximate surface area is 127 Å². The largest absolute Gasteiger partial charge is 0.307 e. The first-order chi connectivity index (χ1) is 9.79. The fraction of sp³-hybridized carbons (Fsp3) is 0.667. The molecule has 118 valence electrons. The molecule has 3 heteroatoms. The third-order valence-electron chi connectivity index (χ3n) is 4.77. The molecule has 0 saturated heterocycles. The Morgan fingerprint density at radius 2 is 1.81 bits per heavy atom. The molecule has 1 aromatic carbocycles. The summed E-state index contributed by atoms with van der Waals surface area (Å²) in [6.45, 7) is 8.80. The van der Waals surface area contributed by atoms with E-state index in [1.165, 1.54) is 25.3 Å². The molecule has 0 bridgehead atoms. The maximum absolute atomic E-state index is 13.9. The summed E-state index contributed by atoms with van der Waals surface area (Å²) in [5, 5.41) is 3.59. The predicted molar refractivity (Wildman–Crippen MR) is 83.1 cm³/mol. The van der Waals surface area contributed by atoms with Gasteiger partial charge in [-0.1, -0.05) is 39.7 Å². The minimum absolute atomic E-state index is 0.0986. The maximum atomic E-state index is 13.9. The molecule has 0 spiro atoms. The molecular weight excluding hydrogens is 268 g/mol. The molecule has 0 radical (unpaired) electrons. The Balaban J connectivity index is 2.11. The first-order valence-electron chi connectivity index (χ1n) is 8.00. The number of rotatable bonds is 3. The van der Waals surface area contributed by atoms with Gasteiger partial charge in [0.25, 0.3) is 0 Å². The lowest BCUT2D eigenvalue weighted by atomic mass is 9.69. The van der Waals surface area contributed by atoms with Crippen LogP contribution in [-0.4, -0.2) is 6.04 Å². The van der Waals surface area contributed by atoms with Gasteiger partial charge in [0.1, 0.15) is 11.6 Å². The van der Waals surface area contributed by atoms with Crippen LogP contribution in [0.3, 0.4) is 0 Å². The van der Waals surface area contributed by atoms with Gasteiger partial charge < -0.3 is 5.32 Å². The lowest BCUT2D eigenvalue weighted by Gasteiger charge is -2.42. The third-order valence-corrected chi connectivity index (χ3v) is 4.77. The van der Waals surface area contributed by atoms with Gasteiger partial charge in [0.05, 0.1) is 0 Å². The molecule has 0 amide bonds. The summed E-state index contributed by atoms with van der Waals surface area (Å²) in [6, 6.07) is 4.16. The normalized spacial score (nSPS) is 24.9. The van der Waals surface area contributed by atoms with Gasteiger partial charge in [-0.2, -0.15) is 0 Å². The standard InChI is InChI=1S/C18H27F2N/c1-12(14-10-9-13(19)11-16(14)20)21-17-8-6-5-7-15(17)18(2,3)4/h9-12,15,17,21H,5-8H2,1-4H3. The van der Waals surface area contributed by atoms with Crippen molar-refractivity contribution < 1.29 is 8.78 Å². The van der Waals surface area contributed by atoms with E-state index in [0.717, 1.165) is 12.5 Å². The molecule has 1 aliphatic carbocycles. The van der Waals surface area contributed by atoms with E-state index in [9.17, 15) is 8.78 Å². The fourth-order valence-electron chi connectivity index (χ4n) is 3.63. The molecule has 0 aromatic heterocycles. The Bertz CT molecular complexity index is 479. The molecule has 1 N–H and O–H groups in total. The van der Waals surface area contributed by atoms with Crippen molar-refractivity contribution in [1.29, 1.82) is 0 Å².